The summed E-state index contributed by atoms with van der Waals surface area (Å²) in [5.41, 5.74) is 3.26. The lowest BCUT2D eigenvalue weighted by molar-refractivity contribution is 0.279. The molecule has 0 amide bonds. The summed E-state index contributed by atoms with van der Waals surface area (Å²) in [5, 5.41) is 9.69. The highest BCUT2D eigenvalue weighted by Crippen LogP contribution is 2.39. The highest BCUT2D eigenvalue weighted by Gasteiger charge is 2.36. The van der Waals surface area contributed by atoms with E-state index in [9.17, 15) is 5.11 Å². The van der Waals surface area contributed by atoms with Gasteiger partial charge in [0.1, 0.15) is 5.82 Å². The van der Waals surface area contributed by atoms with Gasteiger partial charge in [0.15, 0.2) is 0 Å². The zero-order chi connectivity index (χ0) is 13.4. The van der Waals surface area contributed by atoms with Gasteiger partial charge in [0, 0.05) is 23.8 Å². The Hall–Kier alpha value is -1.09. The fourth-order valence-corrected chi connectivity index (χ4v) is 3.99. The van der Waals surface area contributed by atoms with E-state index in [0.29, 0.717) is 6.04 Å². The molecule has 3 nitrogen and oxygen atoms in total. The molecule has 2 heterocycles. The number of fused-ring (bicyclic) bond motifs is 1. The average molecular weight is 260 g/mol. The van der Waals surface area contributed by atoms with Crippen LogP contribution in [0.5, 0.6) is 0 Å². The lowest BCUT2D eigenvalue weighted by atomic mass is 9.91. The number of aliphatic hydroxyl groups excluding tert-OH is 1. The molecule has 1 N–H and O–H groups in total. The number of aromatic nitrogens is 1. The SMILES string of the molecule is Cc1cc(C)c(CO)c(N2CCCC3CCCC32)n1. The van der Waals surface area contributed by atoms with Crippen molar-refractivity contribution in [3.63, 3.8) is 0 Å². The molecule has 0 spiro atoms. The Morgan fingerprint density at radius 2 is 2.05 bits per heavy atom. The van der Waals surface area contributed by atoms with E-state index in [1.165, 1.54) is 37.7 Å². The number of piperidine rings is 1. The monoisotopic (exact) mass is 260 g/mol. The van der Waals surface area contributed by atoms with Crippen LogP contribution in [-0.2, 0) is 6.61 Å². The molecule has 0 bridgehead atoms. The standard InChI is InChI=1S/C16H24N2O/c1-11-9-12(2)17-16(14(11)10-19)18-8-4-6-13-5-3-7-15(13)18/h9,13,15,19H,3-8,10H2,1-2H3. The second kappa shape index (κ2) is 5.12. The van der Waals surface area contributed by atoms with Gasteiger partial charge in [0.05, 0.1) is 6.61 Å². The normalized spacial score (nSPS) is 26.6. The molecule has 1 aromatic heterocycles. The van der Waals surface area contributed by atoms with E-state index in [-0.39, 0.29) is 6.61 Å². The number of anilines is 1. The minimum atomic E-state index is 0.0995. The Kier molecular flexibility index (Phi) is 3.48. The van der Waals surface area contributed by atoms with Crippen LogP contribution in [0, 0.1) is 19.8 Å². The largest absolute Gasteiger partial charge is 0.392 e. The summed E-state index contributed by atoms with van der Waals surface area (Å²) >= 11 is 0. The first-order valence-electron chi connectivity index (χ1n) is 7.55. The number of aliphatic hydroxyl groups is 1. The Balaban J connectivity index is 2.00. The molecule has 0 radical (unpaired) electrons. The van der Waals surface area contributed by atoms with Crippen molar-refractivity contribution < 1.29 is 5.11 Å². The molecule has 19 heavy (non-hydrogen) atoms. The zero-order valence-corrected chi connectivity index (χ0v) is 12.0. The minimum absolute atomic E-state index is 0.0995. The van der Waals surface area contributed by atoms with E-state index in [2.05, 4.69) is 17.9 Å². The van der Waals surface area contributed by atoms with Crippen molar-refractivity contribution in [3.8, 4) is 0 Å². The Labute approximate surface area is 115 Å². The lowest BCUT2D eigenvalue weighted by Gasteiger charge is -2.39. The van der Waals surface area contributed by atoms with Crippen molar-refractivity contribution in [2.75, 3.05) is 11.4 Å². The van der Waals surface area contributed by atoms with E-state index >= 15 is 0 Å². The number of hydrogen-bond donors (Lipinski definition) is 1. The number of aryl methyl sites for hydroxylation is 2. The van der Waals surface area contributed by atoms with Crippen LogP contribution in [0.2, 0.25) is 0 Å². The van der Waals surface area contributed by atoms with Gasteiger partial charge >= 0.3 is 0 Å². The first-order chi connectivity index (χ1) is 9.20. The van der Waals surface area contributed by atoms with Gasteiger partial charge in [0.25, 0.3) is 0 Å². The van der Waals surface area contributed by atoms with Gasteiger partial charge in [-0.1, -0.05) is 6.42 Å². The van der Waals surface area contributed by atoms with Gasteiger partial charge in [0.2, 0.25) is 0 Å². The third kappa shape index (κ3) is 2.25. The summed E-state index contributed by atoms with van der Waals surface area (Å²) in [6.45, 7) is 5.33. The van der Waals surface area contributed by atoms with Crippen molar-refractivity contribution in [2.45, 2.75) is 58.6 Å². The third-order valence-electron chi connectivity index (χ3n) is 4.88. The van der Waals surface area contributed by atoms with Crippen LogP contribution in [0.25, 0.3) is 0 Å². The Morgan fingerprint density at radius 1 is 1.26 bits per heavy atom. The van der Waals surface area contributed by atoms with Gasteiger partial charge in [-0.2, -0.15) is 0 Å². The van der Waals surface area contributed by atoms with E-state index in [0.717, 1.165) is 29.5 Å². The summed E-state index contributed by atoms with van der Waals surface area (Å²) in [6, 6.07) is 2.73. The topological polar surface area (TPSA) is 36.4 Å². The molecule has 104 valence electrons. The lowest BCUT2D eigenvalue weighted by Crippen LogP contribution is -2.43. The minimum Gasteiger partial charge on any atom is -0.392 e. The molecule has 1 aliphatic heterocycles. The fraction of sp³-hybridized carbons (Fsp3) is 0.688. The second-order valence-corrected chi connectivity index (χ2v) is 6.13. The van der Waals surface area contributed by atoms with Crippen LogP contribution in [-0.4, -0.2) is 22.7 Å². The van der Waals surface area contributed by atoms with Crippen molar-refractivity contribution in [1.82, 2.24) is 4.98 Å². The summed E-state index contributed by atoms with van der Waals surface area (Å²) in [7, 11) is 0. The Morgan fingerprint density at radius 3 is 2.84 bits per heavy atom. The molecule has 0 aromatic carbocycles. The second-order valence-electron chi connectivity index (χ2n) is 6.13. The van der Waals surface area contributed by atoms with Crippen molar-refractivity contribution in [2.24, 2.45) is 5.92 Å². The maximum absolute atomic E-state index is 9.69. The first-order valence-corrected chi connectivity index (χ1v) is 7.55. The predicted octanol–water partition coefficient (Wildman–Crippen LogP) is 2.96. The molecule has 3 rings (SSSR count). The van der Waals surface area contributed by atoms with Gasteiger partial charge in [-0.05, 0) is 57.1 Å². The zero-order valence-electron chi connectivity index (χ0n) is 12.0. The highest BCUT2D eigenvalue weighted by molar-refractivity contribution is 5.52. The average Bonchev–Trinajstić information content (AvgIpc) is 2.85. The molecule has 1 aliphatic carbocycles. The van der Waals surface area contributed by atoms with Crippen LogP contribution in [0.15, 0.2) is 6.07 Å². The smallest absolute Gasteiger partial charge is 0.134 e. The molecule has 1 aromatic rings. The molecule has 2 atom stereocenters. The fourth-order valence-electron chi connectivity index (χ4n) is 3.99. The molecule has 3 heteroatoms. The van der Waals surface area contributed by atoms with E-state index < -0.39 is 0 Å². The molecule has 2 aliphatic rings. The van der Waals surface area contributed by atoms with Crippen LogP contribution >= 0.6 is 0 Å². The van der Waals surface area contributed by atoms with E-state index in [4.69, 9.17) is 4.98 Å². The van der Waals surface area contributed by atoms with Gasteiger partial charge in [-0.25, -0.2) is 4.98 Å². The van der Waals surface area contributed by atoms with Crippen molar-refractivity contribution in [3.05, 3.63) is 22.9 Å². The summed E-state index contributed by atoms with van der Waals surface area (Å²) in [6.07, 6.45) is 6.66. The third-order valence-corrected chi connectivity index (χ3v) is 4.88. The van der Waals surface area contributed by atoms with Gasteiger partial charge in [-0.15, -0.1) is 0 Å². The van der Waals surface area contributed by atoms with Crippen LogP contribution < -0.4 is 4.90 Å². The number of nitrogens with zero attached hydrogens (tertiary/aromatic N) is 2. The molecular weight excluding hydrogens is 236 g/mol. The predicted molar refractivity (Wildman–Crippen MR) is 77.3 cm³/mol. The quantitative estimate of drug-likeness (QED) is 0.888. The summed E-state index contributed by atoms with van der Waals surface area (Å²) in [5.74, 6) is 1.90. The number of rotatable bonds is 2. The van der Waals surface area contributed by atoms with Crippen LogP contribution in [0.3, 0.4) is 0 Å². The molecule has 1 saturated heterocycles. The molecule has 2 fully saturated rings. The highest BCUT2D eigenvalue weighted by atomic mass is 16.3. The Bertz CT molecular complexity index is 472. The number of pyridine rings is 1. The first kappa shape index (κ1) is 12.9. The summed E-state index contributed by atoms with van der Waals surface area (Å²) < 4.78 is 0. The van der Waals surface area contributed by atoms with E-state index in [1.54, 1.807) is 0 Å². The maximum Gasteiger partial charge on any atom is 0.134 e. The maximum atomic E-state index is 9.69. The van der Waals surface area contributed by atoms with E-state index in [1.807, 2.05) is 6.92 Å². The van der Waals surface area contributed by atoms with Crippen LogP contribution in [0.1, 0.15) is 48.9 Å². The van der Waals surface area contributed by atoms with Gasteiger partial charge < -0.3 is 10.0 Å². The molecule has 2 unspecified atom stereocenters. The van der Waals surface area contributed by atoms with Gasteiger partial charge in [-0.3, -0.25) is 0 Å². The van der Waals surface area contributed by atoms with Crippen LogP contribution in [0.4, 0.5) is 5.82 Å². The molecule has 1 saturated carbocycles. The molecular formula is C16H24N2O. The number of hydrogen-bond acceptors (Lipinski definition) is 3. The van der Waals surface area contributed by atoms with Crippen molar-refractivity contribution in [1.29, 1.82) is 0 Å². The summed E-state index contributed by atoms with van der Waals surface area (Å²) in [4.78, 5) is 7.25. The van der Waals surface area contributed by atoms with Crippen molar-refractivity contribution >= 4 is 5.82 Å².